The lowest BCUT2D eigenvalue weighted by atomic mass is 10.2. The van der Waals surface area contributed by atoms with Gasteiger partial charge in [-0.3, -0.25) is 10.1 Å². The van der Waals surface area contributed by atoms with E-state index in [-0.39, 0.29) is 18.3 Å². The topological polar surface area (TPSA) is 88.3 Å². The molecule has 1 heterocycles. The molecule has 1 aromatic rings. The van der Waals surface area contributed by atoms with Crippen molar-refractivity contribution in [3.8, 4) is 0 Å². The predicted molar refractivity (Wildman–Crippen MR) is 60.4 cm³/mol. The Morgan fingerprint density at radius 3 is 2.81 bits per heavy atom. The second-order valence-corrected chi connectivity index (χ2v) is 3.55. The summed E-state index contributed by atoms with van der Waals surface area (Å²) in [5, 5.41) is 22.6. The fourth-order valence-corrected chi connectivity index (χ4v) is 1.30. The Morgan fingerprint density at radius 2 is 2.38 bits per heavy atom. The number of aliphatic hydroxyl groups is 1. The fraction of sp³-hybridized carbons (Fsp3) is 0.500. The lowest BCUT2D eigenvalue weighted by molar-refractivity contribution is -0.385. The molecular formula is C10H15N3O3. The molecule has 88 valence electrons. The molecule has 6 nitrogen and oxygen atoms in total. The molecule has 0 radical (unpaired) electrons. The summed E-state index contributed by atoms with van der Waals surface area (Å²) in [6, 6.07) is 1.53. The van der Waals surface area contributed by atoms with Gasteiger partial charge in [-0.15, -0.1) is 0 Å². The number of aliphatic hydroxyl groups excluding tert-OH is 1. The van der Waals surface area contributed by atoms with Gasteiger partial charge in [0, 0.05) is 5.56 Å². The molecule has 0 aliphatic heterocycles. The average Bonchev–Trinajstić information content (AvgIpc) is 2.25. The largest absolute Gasteiger partial charge is 0.394 e. The normalized spacial score (nSPS) is 12.2. The highest BCUT2D eigenvalue weighted by Crippen LogP contribution is 2.19. The Labute approximate surface area is 93.5 Å². The van der Waals surface area contributed by atoms with Gasteiger partial charge in [-0.05, 0) is 19.4 Å². The number of rotatable bonds is 5. The zero-order valence-corrected chi connectivity index (χ0v) is 9.30. The molecule has 0 unspecified atom stereocenters. The van der Waals surface area contributed by atoms with Gasteiger partial charge in [0.05, 0.1) is 17.6 Å². The Hall–Kier alpha value is -1.69. The Kier molecular flexibility index (Phi) is 4.19. The number of nitrogens with zero attached hydrogens (tertiary/aromatic N) is 2. The first-order chi connectivity index (χ1) is 7.58. The van der Waals surface area contributed by atoms with Crippen molar-refractivity contribution in [1.82, 2.24) is 4.98 Å². The summed E-state index contributed by atoms with van der Waals surface area (Å²) in [5.41, 5.74) is 0.554. The van der Waals surface area contributed by atoms with Crippen LogP contribution in [0.1, 0.15) is 18.9 Å². The Bertz CT molecular complexity index is 378. The summed E-state index contributed by atoms with van der Waals surface area (Å²) in [6.45, 7) is 3.60. The Balaban J connectivity index is 2.84. The molecule has 0 spiro atoms. The highest BCUT2D eigenvalue weighted by atomic mass is 16.6. The molecule has 6 heteroatoms. The van der Waals surface area contributed by atoms with E-state index in [9.17, 15) is 10.1 Å². The van der Waals surface area contributed by atoms with E-state index < -0.39 is 4.92 Å². The molecule has 1 atom stereocenters. The van der Waals surface area contributed by atoms with Crippen molar-refractivity contribution in [2.24, 2.45) is 0 Å². The summed E-state index contributed by atoms with van der Waals surface area (Å²) in [6.07, 6.45) is 1.98. The van der Waals surface area contributed by atoms with Crippen LogP contribution >= 0.6 is 0 Å². The van der Waals surface area contributed by atoms with Gasteiger partial charge in [-0.25, -0.2) is 4.98 Å². The molecule has 0 saturated carbocycles. The lowest BCUT2D eigenvalue weighted by Crippen LogP contribution is -2.23. The maximum atomic E-state index is 10.6. The first-order valence-corrected chi connectivity index (χ1v) is 5.07. The molecule has 0 fully saturated rings. The van der Waals surface area contributed by atoms with E-state index >= 15 is 0 Å². The van der Waals surface area contributed by atoms with Gasteiger partial charge in [0.15, 0.2) is 0 Å². The summed E-state index contributed by atoms with van der Waals surface area (Å²) >= 11 is 0. The minimum absolute atomic E-state index is 0.00240. The van der Waals surface area contributed by atoms with Crippen molar-refractivity contribution in [2.75, 3.05) is 11.9 Å². The number of aryl methyl sites for hydroxylation is 1. The number of nitrogens with one attached hydrogen (secondary N) is 1. The van der Waals surface area contributed by atoms with Crippen LogP contribution in [-0.4, -0.2) is 27.7 Å². The zero-order chi connectivity index (χ0) is 12.1. The Morgan fingerprint density at radius 1 is 1.69 bits per heavy atom. The SMILES string of the molecule is CC[C@H](CO)Nc1cc(C)c([N+](=O)[O-])cn1. The molecule has 0 aliphatic rings. The smallest absolute Gasteiger partial charge is 0.290 e. The van der Waals surface area contributed by atoms with Gasteiger partial charge in [-0.2, -0.15) is 0 Å². The summed E-state index contributed by atoms with van der Waals surface area (Å²) in [5.74, 6) is 0.545. The zero-order valence-electron chi connectivity index (χ0n) is 9.30. The molecule has 0 amide bonds. The first kappa shape index (κ1) is 12.4. The van der Waals surface area contributed by atoms with Crippen LogP contribution in [0.3, 0.4) is 0 Å². The number of nitro groups is 1. The van der Waals surface area contributed by atoms with Crippen LogP contribution in [0, 0.1) is 17.0 Å². The third kappa shape index (κ3) is 2.90. The van der Waals surface area contributed by atoms with Crippen molar-refractivity contribution in [3.63, 3.8) is 0 Å². The molecule has 1 rings (SSSR count). The van der Waals surface area contributed by atoms with Crippen molar-refractivity contribution in [3.05, 3.63) is 27.9 Å². The number of aromatic nitrogens is 1. The van der Waals surface area contributed by atoms with E-state index in [4.69, 9.17) is 5.11 Å². The average molecular weight is 225 g/mol. The maximum absolute atomic E-state index is 10.6. The number of pyridine rings is 1. The lowest BCUT2D eigenvalue weighted by Gasteiger charge is -2.14. The van der Waals surface area contributed by atoms with E-state index in [2.05, 4.69) is 10.3 Å². The van der Waals surface area contributed by atoms with Gasteiger partial charge >= 0.3 is 0 Å². The van der Waals surface area contributed by atoms with Crippen LogP contribution in [0.4, 0.5) is 11.5 Å². The van der Waals surface area contributed by atoms with Gasteiger partial charge in [0.1, 0.15) is 12.0 Å². The molecular weight excluding hydrogens is 210 g/mol. The van der Waals surface area contributed by atoms with Gasteiger partial charge < -0.3 is 10.4 Å². The number of anilines is 1. The highest BCUT2D eigenvalue weighted by Gasteiger charge is 2.12. The first-order valence-electron chi connectivity index (χ1n) is 5.07. The number of hydrogen-bond donors (Lipinski definition) is 2. The minimum Gasteiger partial charge on any atom is -0.394 e. The van der Waals surface area contributed by atoms with E-state index in [1.807, 2.05) is 6.92 Å². The van der Waals surface area contributed by atoms with E-state index in [0.717, 1.165) is 6.42 Å². The number of hydrogen-bond acceptors (Lipinski definition) is 5. The van der Waals surface area contributed by atoms with Crippen LogP contribution in [0.25, 0.3) is 0 Å². The summed E-state index contributed by atoms with van der Waals surface area (Å²) < 4.78 is 0. The van der Waals surface area contributed by atoms with Crippen LogP contribution in [0.15, 0.2) is 12.3 Å². The van der Waals surface area contributed by atoms with Crippen molar-refractivity contribution >= 4 is 11.5 Å². The molecule has 0 aliphatic carbocycles. The molecule has 0 saturated heterocycles. The molecule has 16 heavy (non-hydrogen) atoms. The van der Waals surface area contributed by atoms with Crippen LogP contribution in [-0.2, 0) is 0 Å². The molecule has 2 N–H and O–H groups in total. The van der Waals surface area contributed by atoms with Gasteiger partial charge in [0.2, 0.25) is 0 Å². The molecule has 1 aromatic heterocycles. The van der Waals surface area contributed by atoms with Crippen molar-refractivity contribution in [1.29, 1.82) is 0 Å². The van der Waals surface area contributed by atoms with Crippen molar-refractivity contribution < 1.29 is 10.0 Å². The second-order valence-electron chi connectivity index (χ2n) is 3.55. The second kappa shape index (κ2) is 5.41. The van der Waals surface area contributed by atoms with E-state index in [1.165, 1.54) is 6.20 Å². The van der Waals surface area contributed by atoms with E-state index in [0.29, 0.717) is 11.4 Å². The van der Waals surface area contributed by atoms with Crippen LogP contribution in [0.2, 0.25) is 0 Å². The summed E-state index contributed by atoms with van der Waals surface area (Å²) in [4.78, 5) is 14.0. The fourth-order valence-electron chi connectivity index (χ4n) is 1.30. The third-order valence-electron chi connectivity index (χ3n) is 2.35. The highest BCUT2D eigenvalue weighted by molar-refractivity contribution is 5.47. The van der Waals surface area contributed by atoms with Gasteiger partial charge in [-0.1, -0.05) is 6.92 Å². The van der Waals surface area contributed by atoms with Crippen LogP contribution < -0.4 is 5.32 Å². The molecule has 0 aromatic carbocycles. The monoisotopic (exact) mass is 225 g/mol. The third-order valence-corrected chi connectivity index (χ3v) is 2.35. The minimum atomic E-state index is -0.463. The standard InChI is InChI=1S/C10H15N3O3/c1-3-8(6-14)12-10-4-7(2)9(5-11-10)13(15)16/h4-5,8,14H,3,6H2,1-2H3,(H,11,12)/t8-/m1/s1. The molecule has 0 bridgehead atoms. The van der Waals surface area contributed by atoms with Crippen molar-refractivity contribution in [2.45, 2.75) is 26.3 Å². The maximum Gasteiger partial charge on any atom is 0.290 e. The quantitative estimate of drug-likeness (QED) is 0.585. The van der Waals surface area contributed by atoms with Crippen LogP contribution in [0.5, 0.6) is 0 Å². The predicted octanol–water partition coefficient (Wildman–Crippen LogP) is 1.48. The summed E-state index contributed by atoms with van der Waals surface area (Å²) in [7, 11) is 0. The van der Waals surface area contributed by atoms with Gasteiger partial charge in [0.25, 0.3) is 5.69 Å². The van der Waals surface area contributed by atoms with E-state index in [1.54, 1.807) is 13.0 Å².